The Morgan fingerprint density at radius 1 is 1.23 bits per heavy atom. The average Bonchev–Trinajstić information content (AvgIpc) is 2.37. The van der Waals surface area contributed by atoms with Crippen molar-refractivity contribution in [3.63, 3.8) is 0 Å². The summed E-state index contributed by atoms with van der Waals surface area (Å²) >= 11 is 0. The largest absolute Gasteiger partial charge is 0.444 e. The number of aliphatic imine (C=N–C) groups is 1. The van der Waals surface area contributed by atoms with Crippen molar-refractivity contribution in [2.45, 2.75) is 53.1 Å². The number of carbonyl (C=O) groups excluding carboxylic acids is 1. The van der Waals surface area contributed by atoms with Crippen molar-refractivity contribution < 1.29 is 9.53 Å². The van der Waals surface area contributed by atoms with Crippen LogP contribution in [0.4, 0.5) is 4.79 Å². The standard InChI is InChI=1S/C15H32N4O2.HI/c1-7-9-12-19(6)13(16-8-2)17-10-11-18-14(20)21-15(3,4)5;/h7-12H2,1-6H3,(H,16,17)(H,18,20);1H. The van der Waals surface area contributed by atoms with Crippen LogP contribution in [-0.4, -0.2) is 55.8 Å². The Balaban J connectivity index is 0. The van der Waals surface area contributed by atoms with Gasteiger partial charge in [0, 0.05) is 26.7 Å². The van der Waals surface area contributed by atoms with Crippen LogP contribution in [0.15, 0.2) is 4.99 Å². The predicted molar refractivity (Wildman–Crippen MR) is 103 cm³/mol. The molecule has 6 nitrogen and oxygen atoms in total. The number of amides is 1. The molecule has 0 atom stereocenters. The summed E-state index contributed by atoms with van der Waals surface area (Å²) in [6.45, 7) is 12.5. The lowest BCUT2D eigenvalue weighted by molar-refractivity contribution is 0.0529. The Kier molecular flexibility index (Phi) is 13.7. The number of guanidine groups is 1. The Morgan fingerprint density at radius 2 is 1.86 bits per heavy atom. The van der Waals surface area contributed by atoms with E-state index in [0.717, 1.165) is 31.9 Å². The summed E-state index contributed by atoms with van der Waals surface area (Å²) in [5, 5.41) is 5.95. The first-order valence-corrected chi connectivity index (χ1v) is 7.76. The van der Waals surface area contributed by atoms with Crippen LogP contribution >= 0.6 is 24.0 Å². The van der Waals surface area contributed by atoms with E-state index in [0.29, 0.717) is 13.1 Å². The van der Waals surface area contributed by atoms with Crippen molar-refractivity contribution in [3.05, 3.63) is 0 Å². The number of ether oxygens (including phenoxy) is 1. The average molecular weight is 428 g/mol. The Labute approximate surface area is 152 Å². The minimum atomic E-state index is -0.470. The van der Waals surface area contributed by atoms with Crippen molar-refractivity contribution in [2.75, 3.05) is 33.2 Å². The minimum Gasteiger partial charge on any atom is -0.444 e. The van der Waals surface area contributed by atoms with Gasteiger partial charge in [-0.05, 0) is 34.1 Å². The Hall–Kier alpha value is -0.730. The summed E-state index contributed by atoms with van der Waals surface area (Å²) < 4.78 is 5.17. The van der Waals surface area contributed by atoms with Gasteiger partial charge in [0.15, 0.2) is 5.96 Å². The highest BCUT2D eigenvalue weighted by Crippen LogP contribution is 2.06. The molecule has 0 spiro atoms. The van der Waals surface area contributed by atoms with Gasteiger partial charge in [0.25, 0.3) is 0 Å². The summed E-state index contributed by atoms with van der Waals surface area (Å²) in [7, 11) is 2.03. The molecule has 0 aromatic heterocycles. The lowest BCUT2D eigenvalue weighted by atomic mass is 10.2. The molecule has 0 heterocycles. The molecule has 0 fully saturated rings. The zero-order valence-corrected chi connectivity index (χ0v) is 17.2. The lowest BCUT2D eigenvalue weighted by Crippen LogP contribution is -2.40. The summed E-state index contributed by atoms with van der Waals surface area (Å²) in [4.78, 5) is 18.1. The fourth-order valence-electron chi connectivity index (χ4n) is 1.60. The molecular formula is C15H33IN4O2. The topological polar surface area (TPSA) is 66.0 Å². The number of halogens is 1. The molecule has 2 N–H and O–H groups in total. The molecule has 0 rings (SSSR count). The molecule has 22 heavy (non-hydrogen) atoms. The second kappa shape index (κ2) is 12.8. The quantitative estimate of drug-likeness (QED) is 0.283. The number of hydrogen-bond acceptors (Lipinski definition) is 3. The number of hydrogen-bond donors (Lipinski definition) is 2. The third kappa shape index (κ3) is 13.0. The van der Waals surface area contributed by atoms with Crippen LogP contribution in [0.1, 0.15) is 47.5 Å². The van der Waals surface area contributed by atoms with Crippen LogP contribution in [-0.2, 0) is 4.74 Å². The number of unbranched alkanes of at least 4 members (excludes halogenated alkanes) is 1. The third-order valence-corrected chi connectivity index (χ3v) is 2.59. The van der Waals surface area contributed by atoms with Crippen molar-refractivity contribution >= 4 is 36.0 Å². The van der Waals surface area contributed by atoms with Crippen molar-refractivity contribution in [1.29, 1.82) is 0 Å². The van der Waals surface area contributed by atoms with Crippen molar-refractivity contribution in [2.24, 2.45) is 4.99 Å². The fourth-order valence-corrected chi connectivity index (χ4v) is 1.60. The van der Waals surface area contributed by atoms with E-state index in [9.17, 15) is 4.79 Å². The SMILES string of the molecule is CCCCN(C)C(=NCCNC(=O)OC(C)(C)C)NCC.I. The first kappa shape index (κ1) is 23.5. The molecule has 0 aliphatic carbocycles. The number of rotatable bonds is 7. The van der Waals surface area contributed by atoms with Gasteiger partial charge in [-0.15, -0.1) is 24.0 Å². The van der Waals surface area contributed by atoms with Crippen LogP contribution in [0.3, 0.4) is 0 Å². The molecule has 7 heteroatoms. The maximum Gasteiger partial charge on any atom is 0.407 e. The van der Waals surface area contributed by atoms with Crippen LogP contribution in [0.2, 0.25) is 0 Å². The molecule has 0 aliphatic rings. The Morgan fingerprint density at radius 3 is 2.36 bits per heavy atom. The van der Waals surface area contributed by atoms with Crippen LogP contribution in [0.25, 0.3) is 0 Å². The molecule has 0 aliphatic heterocycles. The fraction of sp³-hybridized carbons (Fsp3) is 0.867. The molecule has 0 saturated carbocycles. The lowest BCUT2D eigenvalue weighted by Gasteiger charge is -2.22. The monoisotopic (exact) mass is 428 g/mol. The van der Waals surface area contributed by atoms with Gasteiger partial charge in [-0.3, -0.25) is 4.99 Å². The summed E-state index contributed by atoms with van der Waals surface area (Å²) in [5.74, 6) is 0.872. The van der Waals surface area contributed by atoms with E-state index in [1.165, 1.54) is 0 Å². The Bertz CT molecular complexity index is 330. The molecule has 0 bridgehead atoms. The van der Waals surface area contributed by atoms with Gasteiger partial charge >= 0.3 is 6.09 Å². The zero-order chi connectivity index (χ0) is 16.3. The zero-order valence-electron chi connectivity index (χ0n) is 14.9. The molecular weight excluding hydrogens is 395 g/mol. The predicted octanol–water partition coefficient (Wildman–Crippen LogP) is 2.83. The summed E-state index contributed by atoms with van der Waals surface area (Å²) in [6, 6.07) is 0. The first-order chi connectivity index (χ1) is 9.80. The van der Waals surface area contributed by atoms with Crippen molar-refractivity contribution in [1.82, 2.24) is 15.5 Å². The van der Waals surface area contributed by atoms with E-state index in [1.807, 2.05) is 34.7 Å². The van der Waals surface area contributed by atoms with Crippen LogP contribution in [0, 0.1) is 0 Å². The van der Waals surface area contributed by atoms with E-state index < -0.39 is 11.7 Å². The molecule has 0 unspecified atom stereocenters. The van der Waals surface area contributed by atoms with E-state index in [-0.39, 0.29) is 24.0 Å². The molecule has 132 valence electrons. The van der Waals surface area contributed by atoms with Gasteiger partial charge in [0.05, 0.1) is 6.54 Å². The molecule has 0 saturated heterocycles. The normalized spacial score (nSPS) is 11.5. The number of nitrogens with one attached hydrogen (secondary N) is 2. The van der Waals surface area contributed by atoms with Crippen LogP contribution in [0.5, 0.6) is 0 Å². The molecule has 0 aromatic carbocycles. The molecule has 0 aromatic rings. The van der Waals surface area contributed by atoms with Gasteiger partial charge in [-0.2, -0.15) is 0 Å². The van der Waals surface area contributed by atoms with Crippen LogP contribution < -0.4 is 10.6 Å². The minimum absolute atomic E-state index is 0. The molecule has 1 amide bonds. The number of nitrogens with zero attached hydrogens (tertiary/aromatic N) is 2. The third-order valence-electron chi connectivity index (χ3n) is 2.59. The van der Waals surface area contributed by atoms with Gasteiger partial charge in [-0.1, -0.05) is 13.3 Å². The summed E-state index contributed by atoms with van der Waals surface area (Å²) in [5.41, 5.74) is -0.470. The van der Waals surface area contributed by atoms with E-state index in [2.05, 4.69) is 27.4 Å². The van der Waals surface area contributed by atoms with E-state index >= 15 is 0 Å². The van der Waals surface area contributed by atoms with Gasteiger partial charge < -0.3 is 20.3 Å². The second-order valence-electron chi connectivity index (χ2n) is 5.94. The van der Waals surface area contributed by atoms with Gasteiger partial charge in [-0.25, -0.2) is 4.79 Å². The second-order valence-corrected chi connectivity index (χ2v) is 5.94. The van der Waals surface area contributed by atoms with Crippen molar-refractivity contribution in [3.8, 4) is 0 Å². The highest BCUT2D eigenvalue weighted by atomic mass is 127. The van der Waals surface area contributed by atoms with Gasteiger partial charge in [0.1, 0.15) is 5.60 Å². The first-order valence-electron chi connectivity index (χ1n) is 7.76. The highest BCUT2D eigenvalue weighted by Gasteiger charge is 2.15. The van der Waals surface area contributed by atoms with E-state index in [1.54, 1.807) is 0 Å². The maximum atomic E-state index is 11.5. The highest BCUT2D eigenvalue weighted by molar-refractivity contribution is 14.0. The molecule has 0 radical (unpaired) electrons. The number of carbonyl (C=O) groups is 1. The van der Waals surface area contributed by atoms with E-state index in [4.69, 9.17) is 4.74 Å². The smallest absolute Gasteiger partial charge is 0.407 e. The van der Waals surface area contributed by atoms with Gasteiger partial charge in [0.2, 0.25) is 0 Å². The maximum absolute atomic E-state index is 11.5. The summed E-state index contributed by atoms with van der Waals surface area (Å²) in [6.07, 6.45) is 1.89. The number of alkyl carbamates (subject to hydrolysis) is 1.